The van der Waals surface area contributed by atoms with Crippen LogP contribution < -0.4 is 5.32 Å². The molecule has 1 saturated heterocycles. The molecule has 1 aliphatic rings. The Balaban J connectivity index is 2.14. The molecule has 0 saturated carbocycles. The quantitative estimate of drug-likeness (QED) is 0.867. The molecule has 0 amide bonds. The highest BCUT2D eigenvalue weighted by Crippen LogP contribution is 2.24. The molecule has 15 heavy (non-hydrogen) atoms. The third kappa shape index (κ3) is 2.61. The van der Waals surface area contributed by atoms with Gasteiger partial charge >= 0.3 is 0 Å². The zero-order valence-corrected chi connectivity index (χ0v) is 11.0. The molecule has 0 spiro atoms. The van der Waals surface area contributed by atoms with Crippen molar-refractivity contribution in [3.8, 4) is 0 Å². The summed E-state index contributed by atoms with van der Waals surface area (Å²) in [5, 5.41) is 3.55. The van der Waals surface area contributed by atoms with Crippen LogP contribution in [-0.2, 0) is 6.42 Å². The van der Waals surface area contributed by atoms with Gasteiger partial charge in [0.2, 0.25) is 0 Å². The molecule has 1 nitrogen and oxygen atoms in total. The largest absolute Gasteiger partial charge is 0.314 e. The molecular formula is C13H18BrN. The average Bonchev–Trinajstić information content (AvgIpc) is 2.66. The SMILES string of the molecule is Cc1cc(CC2CCCN2)cc(C)c1Br. The molecule has 0 bridgehead atoms. The minimum absolute atomic E-state index is 0.699. The number of hydrogen-bond acceptors (Lipinski definition) is 1. The summed E-state index contributed by atoms with van der Waals surface area (Å²) in [5.41, 5.74) is 4.17. The van der Waals surface area contributed by atoms with E-state index in [0.717, 1.165) is 0 Å². The Morgan fingerprint density at radius 3 is 2.53 bits per heavy atom. The molecule has 1 aliphatic heterocycles. The Morgan fingerprint density at radius 2 is 2.00 bits per heavy atom. The number of halogens is 1. The van der Waals surface area contributed by atoms with Gasteiger partial charge in [-0.05, 0) is 56.3 Å². The van der Waals surface area contributed by atoms with E-state index < -0.39 is 0 Å². The normalized spacial score (nSPS) is 20.9. The predicted octanol–water partition coefficient (Wildman–Crippen LogP) is 3.36. The van der Waals surface area contributed by atoms with Gasteiger partial charge in [0.1, 0.15) is 0 Å². The van der Waals surface area contributed by atoms with E-state index in [-0.39, 0.29) is 0 Å². The van der Waals surface area contributed by atoms with Crippen LogP contribution in [-0.4, -0.2) is 12.6 Å². The number of hydrogen-bond donors (Lipinski definition) is 1. The van der Waals surface area contributed by atoms with E-state index in [0.29, 0.717) is 6.04 Å². The number of rotatable bonds is 2. The van der Waals surface area contributed by atoms with Crippen molar-refractivity contribution in [2.24, 2.45) is 0 Å². The molecule has 0 aliphatic carbocycles. The summed E-state index contributed by atoms with van der Waals surface area (Å²) >= 11 is 3.61. The van der Waals surface area contributed by atoms with Crippen LogP contribution >= 0.6 is 15.9 Å². The summed E-state index contributed by atoms with van der Waals surface area (Å²) in [4.78, 5) is 0. The third-order valence-electron chi connectivity index (χ3n) is 3.14. The molecule has 1 unspecified atom stereocenters. The van der Waals surface area contributed by atoms with Crippen LogP contribution in [0.15, 0.2) is 16.6 Å². The van der Waals surface area contributed by atoms with Crippen LogP contribution in [0.1, 0.15) is 29.5 Å². The minimum atomic E-state index is 0.699. The highest BCUT2D eigenvalue weighted by molar-refractivity contribution is 9.10. The predicted molar refractivity (Wildman–Crippen MR) is 68.3 cm³/mol. The Morgan fingerprint density at radius 1 is 1.33 bits per heavy atom. The molecule has 1 heterocycles. The van der Waals surface area contributed by atoms with Crippen LogP contribution in [0.2, 0.25) is 0 Å². The van der Waals surface area contributed by atoms with Crippen molar-refractivity contribution in [1.29, 1.82) is 0 Å². The first-order valence-electron chi connectivity index (χ1n) is 5.66. The van der Waals surface area contributed by atoms with Gasteiger partial charge in [-0.3, -0.25) is 0 Å². The molecule has 1 N–H and O–H groups in total. The maximum Gasteiger partial charge on any atom is 0.0233 e. The average molecular weight is 268 g/mol. The second kappa shape index (κ2) is 4.67. The van der Waals surface area contributed by atoms with Crippen molar-refractivity contribution in [1.82, 2.24) is 5.32 Å². The molecule has 2 rings (SSSR count). The van der Waals surface area contributed by atoms with Gasteiger partial charge in [-0.15, -0.1) is 0 Å². The van der Waals surface area contributed by atoms with Gasteiger partial charge in [0.15, 0.2) is 0 Å². The molecule has 0 aromatic heterocycles. The molecule has 82 valence electrons. The second-order valence-corrected chi connectivity index (χ2v) is 5.33. The standard InChI is InChI=1S/C13H18BrN/c1-9-6-11(7-10(2)13(9)14)8-12-4-3-5-15-12/h6-7,12,15H,3-5,8H2,1-2H3. The maximum absolute atomic E-state index is 3.61. The van der Waals surface area contributed by atoms with Crippen molar-refractivity contribution < 1.29 is 0 Å². The van der Waals surface area contributed by atoms with Crippen LogP contribution in [0.25, 0.3) is 0 Å². The van der Waals surface area contributed by atoms with E-state index in [4.69, 9.17) is 0 Å². The maximum atomic E-state index is 3.61. The zero-order chi connectivity index (χ0) is 10.8. The van der Waals surface area contributed by atoms with Crippen molar-refractivity contribution in [3.63, 3.8) is 0 Å². The first-order valence-corrected chi connectivity index (χ1v) is 6.45. The molecule has 1 aromatic carbocycles. The summed E-state index contributed by atoms with van der Waals surface area (Å²) in [5.74, 6) is 0. The van der Waals surface area contributed by atoms with Gasteiger partial charge in [-0.1, -0.05) is 28.1 Å². The van der Waals surface area contributed by atoms with E-state index in [1.807, 2.05) is 0 Å². The number of aryl methyl sites for hydroxylation is 2. The first kappa shape index (κ1) is 11.2. The Labute approximate surface area is 100 Å². The van der Waals surface area contributed by atoms with E-state index in [9.17, 15) is 0 Å². The summed E-state index contributed by atoms with van der Waals surface area (Å²) < 4.78 is 1.26. The molecule has 2 heteroatoms. The summed E-state index contributed by atoms with van der Waals surface area (Å²) in [7, 11) is 0. The fraction of sp³-hybridized carbons (Fsp3) is 0.538. The van der Waals surface area contributed by atoms with Gasteiger partial charge in [-0.2, -0.15) is 0 Å². The van der Waals surface area contributed by atoms with E-state index in [1.54, 1.807) is 0 Å². The van der Waals surface area contributed by atoms with Crippen LogP contribution in [0.4, 0.5) is 0 Å². The summed E-state index contributed by atoms with van der Waals surface area (Å²) in [6, 6.07) is 5.30. The number of nitrogens with one attached hydrogen (secondary N) is 1. The first-order chi connectivity index (χ1) is 7.16. The summed E-state index contributed by atoms with van der Waals surface area (Å²) in [6.45, 7) is 5.53. The Kier molecular flexibility index (Phi) is 3.47. The zero-order valence-electron chi connectivity index (χ0n) is 9.44. The van der Waals surface area contributed by atoms with Crippen molar-refractivity contribution in [3.05, 3.63) is 33.3 Å². The topological polar surface area (TPSA) is 12.0 Å². The lowest BCUT2D eigenvalue weighted by Gasteiger charge is -2.12. The van der Waals surface area contributed by atoms with Crippen LogP contribution in [0.3, 0.4) is 0 Å². The van der Waals surface area contributed by atoms with E-state index in [1.165, 1.54) is 47.0 Å². The lowest BCUT2D eigenvalue weighted by Crippen LogP contribution is -2.23. The van der Waals surface area contributed by atoms with Gasteiger partial charge in [0.25, 0.3) is 0 Å². The monoisotopic (exact) mass is 267 g/mol. The van der Waals surface area contributed by atoms with Crippen molar-refractivity contribution >= 4 is 15.9 Å². The highest BCUT2D eigenvalue weighted by atomic mass is 79.9. The van der Waals surface area contributed by atoms with Crippen molar-refractivity contribution in [2.75, 3.05) is 6.54 Å². The number of benzene rings is 1. The third-order valence-corrected chi connectivity index (χ3v) is 4.39. The molecule has 1 fully saturated rings. The summed E-state index contributed by atoms with van der Waals surface area (Å²) in [6.07, 6.45) is 3.84. The van der Waals surface area contributed by atoms with Crippen molar-refractivity contribution in [2.45, 2.75) is 39.2 Å². The molecular weight excluding hydrogens is 250 g/mol. The van der Waals surface area contributed by atoms with Gasteiger partial charge < -0.3 is 5.32 Å². The molecule has 0 radical (unpaired) electrons. The molecule has 1 aromatic rings. The smallest absolute Gasteiger partial charge is 0.0233 e. The van der Waals surface area contributed by atoms with E-state index in [2.05, 4.69) is 47.2 Å². The van der Waals surface area contributed by atoms with Gasteiger partial charge in [0, 0.05) is 10.5 Å². The molecule has 1 atom stereocenters. The van der Waals surface area contributed by atoms with Crippen LogP contribution in [0, 0.1) is 13.8 Å². The van der Waals surface area contributed by atoms with Gasteiger partial charge in [-0.25, -0.2) is 0 Å². The fourth-order valence-corrected chi connectivity index (χ4v) is 2.60. The fourth-order valence-electron chi connectivity index (χ4n) is 2.37. The highest BCUT2D eigenvalue weighted by Gasteiger charge is 2.14. The lowest BCUT2D eigenvalue weighted by atomic mass is 10.0. The van der Waals surface area contributed by atoms with Gasteiger partial charge in [0.05, 0.1) is 0 Å². The minimum Gasteiger partial charge on any atom is -0.314 e. The Hall–Kier alpha value is -0.340. The van der Waals surface area contributed by atoms with Crippen LogP contribution in [0.5, 0.6) is 0 Å². The Bertz CT molecular complexity index is 331. The second-order valence-electron chi connectivity index (χ2n) is 4.54. The lowest BCUT2D eigenvalue weighted by molar-refractivity contribution is 0.602. The van der Waals surface area contributed by atoms with E-state index >= 15 is 0 Å².